The van der Waals surface area contributed by atoms with Gasteiger partial charge in [-0.3, -0.25) is 0 Å². The van der Waals surface area contributed by atoms with Gasteiger partial charge in [-0.25, -0.2) is 0 Å². The fourth-order valence-corrected chi connectivity index (χ4v) is 16.6. The normalized spacial score (nSPS) is 55.9. The minimum absolute atomic E-state index is 0.0968. The molecule has 28 nitrogen and oxygen atoms in total. The summed E-state index contributed by atoms with van der Waals surface area (Å²) in [6.07, 6.45) is -34.4. The molecule has 4 saturated carbocycles. The van der Waals surface area contributed by atoms with Crippen molar-refractivity contribution in [1.29, 1.82) is 0 Å². The lowest BCUT2D eigenvalue weighted by molar-refractivity contribution is -0.400. The average Bonchev–Trinajstić information content (AvgIpc) is 2.64. The second-order valence-electron chi connectivity index (χ2n) is 26.3. The van der Waals surface area contributed by atoms with E-state index >= 15 is 0 Å². The maximum absolute atomic E-state index is 12.1. The molecule has 0 aromatic rings. The van der Waals surface area contributed by atoms with E-state index in [9.17, 15) is 86.8 Å². The van der Waals surface area contributed by atoms with Crippen LogP contribution < -0.4 is 0 Å². The van der Waals surface area contributed by atoms with Gasteiger partial charge in [-0.1, -0.05) is 27.7 Å². The van der Waals surface area contributed by atoms with Gasteiger partial charge in [0.2, 0.25) is 0 Å². The molecule has 10 fully saturated rings. The van der Waals surface area contributed by atoms with Crippen molar-refractivity contribution in [2.45, 2.75) is 251 Å². The number of rotatable bonds is 17. The first kappa shape index (κ1) is 64.9. The smallest absolute Gasteiger partial charge is 0.187 e. The molecular formula is C55H92O28. The van der Waals surface area contributed by atoms with Crippen molar-refractivity contribution in [3.8, 4) is 0 Å². The van der Waals surface area contributed by atoms with Gasteiger partial charge < -0.3 is 139 Å². The van der Waals surface area contributed by atoms with Crippen LogP contribution in [0.5, 0.6) is 0 Å². The van der Waals surface area contributed by atoms with Crippen LogP contribution in [0.25, 0.3) is 0 Å². The highest BCUT2D eigenvalue weighted by atomic mass is 16.8. The van der Waals surface area contributed by atoms with Crippen molar-refractivity contribution in [2.75, 3.05) is 39.6 Å². The zero-order chi connectivity index (χ0) is 59.9. The standard InChI is InChI=1S/C55H92O28/c1-20(17-73-48-43(70)39(66)37(64)31(14-56)77-48)7-10-55(72)21(2)34-30(83-55)12-25-23-6-5-22-11-29(26(59)13-54(22,4)24(23)8-9-53(25,34)3)76-51-44(71)40(67)45(33(16-58)79-51)80-52-47(82-50-42(69)36(63)28(61)19-75-50)46(38(65)32(15-57)78-52)81-49-41(68)35(62)27(60)18-74-49/h20-52,56-72H,5-19H2,1-4H3/t20-,21+,22-,23-,24+,25+,26-,27-,28+,29-,30+,31-,32-,33-,34+,35+,36+,37-,38-,39+,40-,41-,42-,43-,44-,45+,46+,47-,48-,49+,50+,51-,52+,53+,54+,55?/m1/s1. The Balaban J connectivity index is 0.763. The molecule has 0 amide bonds. The second-order valence-corrected chi connectivity index (χ2v) is 26.3. The van der Waals surface area contributed by atoms with E-state index in [0.717, 1.165) is 32.1 Å². The van der Waals surface area contributed by atoms with Crippen molar-refractivity contribution in [3.63, 3.8) is 0 Å². The van der Waals surface area contributed by atoms with Crippen LogP contribution in [0.15, 0.2) is 0 Å². The first-order valence-corrected chi connectivity index (χ1v) is 29.8. The molecule has 10 aliphatic rings. The van der Waals surface area contributed by atoms with Crippen LogP contribution in [0, 0.1) is 52.3 Å². The van der Waals surface area contributed by atoms with E-state index in [0.29, 0.717) is 37.5 Å². The van der Waals surface area contributed by atoms with E-state index in [1.165, 1.54) is 0 Å². The van der Waals surface area contributed by atoms with Gasteiger partial charge in [0.25, 0.3) is 0 Å². The Kier molecular flexibility index (Phi) is 20.0. The number of aliphatic hydroxyl groups is 17. The largest absolute Gasteiger partial charge is 0.394 e. The Hall–Kier alpha value is -1.12. The number of aliphatic hydroxyl groups excluding tert-OH is 16. The van der Waals surface area contributed by atoms with Crippen molar-refractivity contribution in [1.82, 2.24) is 0 Å². The molecule has 6 aliphatic heterocycles. The summed E-state index contributed by atoms with van der Waals surface area (Å²) in [5.41, 5.74) is -0.410. The Morgan fingerprint density at radius 2 is 1.10 bits per heavy atom. The number of fused-ring (bicyclic) bond motifs is 7. The van der Waals surface area contributed by atoms with Gasteiger partial charge in [0.1, 0.15) is 110 Å². The highest BCUT2D eigenvalue weighted by molar-refractivity contribution is 5.16. The molecule has 10 rings (SSSR count). The SMILES string of the molecule is C[C@H](CCC1(O)O[C@H]2C[C@H]3[C@@H]4CC[C@@H]5C[C@@H](O[C@@H]6O[C@H](CO)[C@H](O[C@@H]7O[C@H](CO)[C@@H](O)[C@H](O[C@@H]8OC[C@@H](O)[C@H](O)[C@H]8O)[C@H]7O[C@@H]7OC[C@H](O)[C@H](O)[C@H]7O)[C@H](O)[C@H]6O)[C@H](O)C[C@]5(C)[C@H]4CC[C@]3(C)[C@H]2[C@@H]1C)CO[C@@H]1O[C@H](CO)[C@@H](O)[C@H](O)[C@H]1O. The van der Waals surface area contributed by atoms with Crippen LogP contribution in [0.3, 0.4) is 0 Å². The summed E-state index contributed by atoms with van der Waals surface area (Å²) in [6, 6.07) is 0. The highest BCUT2D eigenvalue weighted by Gasteiger charge is 2.69. The molecule has 480 valence electrons. The number of hydrogen-bond donors (Lipinski definition) is 17. The third-order valence-electron chi connectivity index (χ3n) is 21.5. The molecule has 0 aromatic carbocycles. The quantitative estimate of drug-likeness (QED) is 0.0603. The number of hydrogen-bond acceptors (Lipinski definition) is 28. The fourth-order valence-electron chi connectivity index (χ4n) is 16.6. The maximum atomic E-state index is 12.1. The maximum Gasteiger partial charge on any atom is 0.187 e. The van der Waals surface area contributed by atoms with Gasteiger partial charge in [-0.05, 0) is 97.7 Å². The van der Waals surface area contributed by atoms with E-state index in [4.69, 9.17) is 52.1 Å². The summed E-state index contributed by atoms with van der Waals surface area (Å²) in [5, 5.41) is 183. The zero-order valence-corrected chi connectivity index (χ0v) is 47.3. The summed E-state index contributed by atoms with van der Waals surface area (Å²) in [6.45, 7) is 5.37. The second kappa shape index (κ2) is 25.6. The predicted octanol–water partition coefficient (Wildman–Crippen LogP) is -5.88. The van der Waals surface area contributed by atoms with Crippen LogP contribution in [-0.4, -0.2) is 292 Å². The first-order valence-electron chi connectivity index (χ1n) is 29.8. The molecule has 1 unspecified atom stereocenters. The predicted molar refractivity (Wildman–Crippen MR) is 274 cm³/mol. The van der Waals surface area contributed by atoms with E-state index in [1.54, 1.807) is 0 Å². The minimum atomic E-state index is -1.93. The molecule has 17 N–H and O–H groups in total. The minimum Gasteiger partial charge on any atom is -0.394 e. The molecule has 0 radical (unpaired) electrons. The summed E-state index contributed by atoms with van der Waals surface area (Å²) in [4.78, 5) is 0. The molecule has 0 bridgehead atoms. The third-order valence-corrected chi connectivity index (χ3v) is 21.5. The topological polar surface area (TPSA) is 445 Å². The lowest BCUT2D eigenvalue weighted by Gasteiger charge is -2.62. The summed E-state index contributed by atoms with van der Waals surface area (Å²) in [7, 11) is 0. The molecule has 36 atom stereocenters. The van der Waals surface area contributed by atoms with Gasteiger partial charge in [-0.15, -0.1) is 0 Å². The fraction of sp³-hybridized carbons (Fsp3) is 1.00. The van der Waals surface area contributed by atoms with Gasteiger partial charge in [0.15, 0.2) is 37.2 Å². The molecule has 4 aliphatic carbocycles. The molecule has 6 saturated heterocycles. The van der Waals surface area contributed by atoms with Crippen molar-refractivity contribution < 1.29 is 139 Å². The van der Waals surface area contributed by atoms with E-state index in [-0.39, 0.29) is 53.1 Å². The van der Waals surface area contributed by atoms with E-state index in [2.05, 4.69) is 20.8 Å². The molecular weight excluding hydrogens is 1110 g/mol. The van der Waals surface area contributed by atoms with Crippen LogP contribution in [0.4, 0.5) is 0 Å². The Morgan fingerprint density at radius 1 is 0.530 bits per heavy atom. The Morgan fingerprint density at radius 3 is 1.73 bits per heavy atom. The van der Waals surface area contributed by atoms with Crippen LogP contribution in [-0.2, 0) is 52.1 Å². The highest BCUT2D eigenvalue weighted by Crippen LogP contribution is 2.71. The third kappa shape index (κ3) is 12.0. The van der Waals surface area contributed by atoms with E-state index in [1.807, 2.05) is 6.92 Å². The lowest BCUT2D eigenvalue weighted by atomic mass is 9.44. The summed E-state index contributed by atoms with van der Waals surface area (Å²) >= 11 is 0. The van der Waals surface area contributed by atoms with Crippen LogP contribution >= 0.6 is 0 Å². The van der Waals surface area contributed by atoms with Gasteiger partial charge >= 0.3 is 0 Å². The first-order chi connectivity index (χ1) is 39.3. The van der Waals surface area contributed by atoms with Crippen LogP contribution in [0.2, 0.25) is 0 Å². The van der Waals surface area contributed by atoms with E-state index < -0.39 is 192 Å². The molecule has 83 heavy (non-hydrogen) atoms. The van der Waals surface area contributed by atoms with Gasteiger partial charge in [0, 0.05) is 12.3 Å². The molecule has 0 spiro atoms. The number of ether oxygens (including phenoxy) is 11. The molecule has 0 aromatic heterocycles. The van der Waals surface area contributed by atoms with Crippen molar-refractivity contribution >= 4 is 0 Å². The van der Waals surface area contributed by atoms with Gasteiger partial charge in [0.05, 0.1) is 58.0 Å². The van der Waals surface area contributed by atoms with Crippen LogP contribution in [0.1, 0.15) is 85.5 Å². The Bertz CT molecular complexity index is 2120. The van der Waals surface area contributed by atoms with Crippen molar-refractivity contribution in [2.24, 2.45) is 52.3 Å². The average molecular weight is 1200 g/mol. The molecule has 6 heterocycles. The summed E-state index contributed by atoms with van der Waals surface area (Å²) in [5.74, 6) is -0.554. The lowest BCUT2D eigenvalue weighted by Crippen LogP contribution is -2.68. The monoisotopic (exact) mass is 1200 g/mol. The summed E-state index contributed by atoms with van der Waals surface area (Å²) < 4.78 is 65.4. The molecule has 28 heteroatoms. The van der Waals surface area contributed by atoms with Crippen molar-refractivity contribution in [3.05, 3.63) is 0 Å². The Labute approximate surface area is 480 Å². The zero-order valence-electron chi connectivity index (χ0n) is 47.3. The van der Waals surface area contributed by atoms with Gasteiger partial charge in [-0.2, -0.15) is 0 Å².